The van der Waals surface area contributed by atoms with Gasteiger partial charge in [-0.25, -0.2) is 17.9 Å². The molecule has 1 aliphatic rings. The third-order valence-electron chi connectivity index (χ3n) is 4.74. The number of thioether (sulfide) groups is 1. The molecule has 0 bridgehead atoms. The lowest BCUT2D eigenvalue weighted by Crippen LogP contribution is -2.29. The number of carbonyl (C=O) groups excluding carboxylic acids is 2. The highest BCUT2D eigenvalue weighted by Crippen LogP contribution is 2.35. The van der Waals surface area contributed by atoms with Gasteiger partial charge in [-0.2, -0.15) is 16.9 Å². The Balaban J connectivity index is 1.50. The van der Waals surface area contributed by atoms with E-state index in [0.717, 1.165) is 23.3 Å². The molecule has 2 N–H and O–H groups in total. The van der Waals surface area contributed by atoms with Crippen LogP contribution in [0.15, 0.2) is 42.5 Å². The molecule has 2 amide bonds. The van der Waals surface area contributed by atoms with Crippen molar-refractivity contribution in [1.29, 1.82) is 0 Å². The largest absolute Gasteiger partial charge is 0.350 e. The van der Waals surface area contributed by atoms with Crippen LogP contribution >= 0.6 is 11.8 Å². The summed E-state index contributed by atoms with van der Waals surface area (Å²) in [6.07, 6.45) is 0. The summed E-state index contributed by atoms with van der Waals surface area (Å²) in [5.41, 5.74) is 1.45. The predicted octanol–water partition coefficient (Wildman–Crippen LogP) is 3.62. The van der Waals surface area contributed by atoms with Crippen LogP contribution in [0.4, 0.5) is 19.0 Å². The van der Waals surface area contributed by atoms with E-state index in [4.69, 9.17) is 0 Å². The molecule has 0 saturated carbocycles. The zero-order chi connectivity index (χ0) is 22.0. The molecule has 1 aliphatic heterocycles. The second kappa shape index (κ2) is 8.84. The van der Waals surface area contributed by atoms with Gasteiger partial charge in [0, 0.05) is 23.6 Å². The maximum Gasteiger partial charge on any atom is 0.262 e. The van der Waals surface area contributed by atoms with Crippen LogP contribution in [0.3, 0.4) is 0 Å². The highest BCUT2D eigenvalue weighted by atomic mass is 32.2. The predicted molar refractivity (Wildman–Crippen MR) is 110 cm³/mol. The third-order valence-corrected chi connectivity index (χ3v) is 5.71. The van der Waals surface area contributed by atoms with Crippen LogP contribution in [0.5, 0.6) is 0 Å². The lowest BCUT2D eigenvalue weighted by Gasteiger charge is -2.12. The third kappa shape index (κ3) is 4.58. The van der Waals surface area contributed by atoms with Gasteiger partial charge in [0.2, 0.25) is 5.91 Å². The molecule has 0 aliphatic carbocycles. The minimum absolute atomic E-state index is 0.193. The minimum Gasteiger partial charge on any atom is -0.350 e. The first-order chi connectivity index (χ1) is 14.9. The molecule has 2 heterocycles. The van der Waals surface area contributed by atoms with Crippen LogP contribution in [0.2, 0.25) is 0 Å². The summed E-state index contributed by atoms with van der Waals surface area (Å²) in [6.45, 7) is -0.00763. The van der Waals surface area contributed by atoms with Gasteiger partial charge in [-0.1, -0.05) is 18.2 Å². The number of fused-ring (bicyclic) bond motifs is 1. The molecule has 4 rings (SSSR count). The molecule has 3 aromatic rings. The molecule has 0 atom stereocenters. The van der Waals surface area contributed by atoms with Gasteiger partial charge in [0.1, 0.15) is 35.4 Å². The van der Waals surface area contributed by atoms with E-state index in [-0.39, 0.29) is 30.6 Å². The Morgan fingerprint density at radius 1 is 1.03 bits per heavy atom. The first kappa shape index (κ1) is 21.0. The number of anilines is 1. The van der Waals surface area contributed by atoms with E-state index in [1.807, 2.05) is 0 Å². The first-order valence-corrected chi connectivity index (χ1v) is 10.5. The van der Waals surface area contributed by atoms with Gasteiger partial charge >= 0.3 is 0 Å². The molecular formula is C21H17F3N4O2S. The van der Waals surface area contributed by atoms with Crippen LogP contribution in [-0.4, -0.2) is 21.6 Å². The van der Waals surface area contributed by atoms with E-state index in [0.29, 0.717) is 17.2 Å². The van der Waals surface area contributed by atoms with E-state index >= 15 is 0 Å². The van der Waals surface area contributed by atoms with Crippen molar-refractivity contribution in [3.05, 3.63) is 82.3 Å². The molecule has 0 spiro atoms. The number of benzene rings is 2. The Morgan fingerprint density at radius 3 is 2.45 bits per heavy atom. The number of hydrogen-bond acceptors (Lipinski definition) is 4. The average Bonchev–Trinajstić information content (AvgIpc) is 3.30. The van der Waals surface area contributed by atoms with E-state index < -0.39 is 23.1 Å². The number of halogens is 3. The number of hydrogen-bond donors (Lipinski definition) is 2. The van der Waals surface area contributed by atoms with Gasteiger partial charge in [0.05, 0.1) is 5.69 Å². The van der Waals surface area contributed by atoms with Crippen LogP contribution in [0, 0.1) is 17.5 Å². The Morgan fingerprint density at radius 2 is 1.74 bits per heavy atom. The zero-order valence-corrected chi connectivity index (χ0v) is 16.9. The molecule has 31 heavy (non-hydrogen) atoms. The molecule has 10 heteroatoms. The van der Waals surface area contributed by atoms with E-state index in [1.54, 1.807) is 23.9 Å². The van der Waals surface area contributed by atoms with Gasteiger partial charge in [-0.05, 0) is 29.8 Å². The maximum absolute atomic E-state index is 14.0. The van der Waals surface area contributed by atoms with Crippen LogP contribution in [0.1, 0.15) is 27.2 Å². The van der Waals surface area contributed by atoms with Gasteiger partial charge in [-0.3, -0.25) is 9.59 Å². The van der Waals surface area contributed by atoms with Crippen LogP contribution in [0.25, 0.3) is 0 Å². The Labute approximate surface area is 179 Å². The van der Waals surface area contributed by atoms with E-state index in [9.17, 15) is 22.8 Å². The van der Waals surface area contributed by atoms with E-state index in [2.05, 4.69) is 15.7 Å². The van der Waals surface area contributed by atoms with Gasteiger partial charge in [0.25, 0.3) is 5.91 Å². The molecular weight excluding hydrogens is 429 g/mol. The Kier molecular flexibility index (Phi) is 5.99. The summed E-state index contributed by atoms with van der Waals surface area (Å²) in [5, 5.41) is 9.59. The van der Waals surface area contributed by atoms with Crippen molar-refractivity contribution in [1.82, 2.24) is 15.1 Å². The monoisotopic (exact) mass is 446 g/mol. The van der Waals surface area contributed by atoms with Crippen molar-refractivity contribution in [2.24, 2.45) is 0 Å². The summed E-state index contributed by atoms with van der Waals surface area (Å²) in [4.78, 5) is 25.0. The lowest BCUT2D eigenvalue weighted by atomic mass is 10.2. The smallest absolute Gasteiger partial charge is 0.262 e. The zero-order valence-electron chi connectivity index (χ0n) is 16.1. The molecule has 6 nitrogen and oxygen atoms in total. The second-order valence-corrected chi connectivity index (χ2v) is 7.86. The van der Waals surface area contributed by atoms with Crippen LogP contribution < -0.4 is 10.6 Å². The molecule has 2 aromatic carbocycles. The molecule has 0 saturated heterocycles. The van der Waals surface area contributed by atoms with Crippen molar-refractivity contribution in [3.8, 4) is 0 Å². The normalized spacial score (nSPS) is 12.5. The second-order valence-electron chi connectivity index (χ2n) is 6.88. The lowest BCUT2D eigenvalue weighted by molar-refractivity contribution is -0.122. The molecule has 0 unspecified atom stereocenters. The SMILES string of the molecule is O=C(Cn1nc2c(c1NC(=O)c1c(F)cccc1F)CSC2)NCc1ccc(F)cc1. The van der Waals surface area contributed by atoms with Crippen molar-refractivity contribution in [3.63, 3.8) is 0 Å². The number of nitrogens with zero attached hydrogens (tertiary/aromatic N) is 2. The standard InChI is InChI=1S/C21H17F3N4O2S/c22-13-6-4-12(5-7-13)8-25-18(29)9-28-20(14-10-31-11-17(14)27-28)26-21(30)19-15(23)2-1-3-16(19)24/h1-7H,8-11H2,(H,25,29)(H,26,30). The highest BCUT2D eigenvalue weighted by molar-refractivity contribution is 7.98. The number of nitrogens with one attached hydrogen (secondary N) is 2. The summed E-state index contributed by atoms with van der Waals surface area (Å²) in [6, 6.07) is 8.88. The molecule has 0 fully saturated rings. The van der Waals surface area contributed by atoms with Crippen LogP contribution in [-0.2, 0) is 29.4 Å². The van der Waals surface area contributed by atoms with Crippen molar-refractivity contribution in [2.45, 2.75) is 24.6 Å². The van der Waals surface area contributed by atoms with Crippen molar-refractivity contribution >= 4 is 29.4 Å². The number of amides is 2. The average molecular weight is 446 g/mol. The molecule has 160 valence electrons. The van der Waals surface area contributed by atoms with Gasteiger partial charge in [0.15, 0.2) is 0 Å². The minimum atomic E-state index is -0.980. The summed E-state index contributed by atoms with van der Waals surface area (Å²) in [5.74, 6) is -2.26. The summed E-state index contributed by atoms with van der Waals surface area (Å²) >= 11 is 1.58. The highest BCUT2D eigenvalue weighted by Gasteiger charge is 2.27. The fourth-order valence-corrected chi connectivity index (χ4v) is 4.23. The fourth-order valence-electron chi connectivity index (χ4n) is 3.20. The maximum atomic E-state index is 14.0. The number of carbonyl (C=O) groups is 2. The van der Waals surface area contributed by atoms with E-state index in [1.165, 1.54) is 22.9 Å². The molecule has 1 aromatic heterocycles. The van der Waals surface area contributed by atoms with Crippen molar-refractivity contribution in [2.75, 3.05) is 5.32 Å². The van der Waals surface area contributed by atoms with Gasteiger partial charge < -0.3 is 10.6 Å². The fraction of sp³-hybridized carbons (Fsp3) is 0.190. The summed E-state index contributed by atoms with van der Waals surface area (Å²) < 4.78 is 42.3. The molecule has 0 radical (unpaired) electrons. The topological polar surface area (TPSA) is 76.0 Å². The van der Waals surface area contributed by atoms with Gasteiger partial charge in [-0.15, -0.1) is 0 Å². The first-order valence-electron chi connectivity index (χ1n) is 9.35. The quantitative estimate of drug-likeness (QED) is 0.607. The number of aromatic nitrogens is 2. The Bertz CT molecular complexity index is 1130. The summed E-state index contributed by atoms with van der Waals surface area (Å²) in [7, 11) is 0. The van der Waals surface area contributed by atoms with Crippen molar-refractivity contribution < 1.29 is 22.8 Å². The Hall–Kier alpha value is -3.27. The number of rotatable bonds is 6.